The minimum atomic E-state index is -0.269. The van der Waals surface area contributed by atoms with E-state index in [-0.39, 0.29) is 35.2 Å². The number of methoxy groups -OCH3 is 1. The molecule has 1 saturated carbocycles. The van der Waals surface area contributed by atoms with Crippen LogP contribution in [0.1, 0.15) is 52.9 Å². The number of nitrogens with zero attached hydrogens (tertiary/aromatic N) is 1. The molecule has 5 atom stereocenters. The van der Waals surface area contributed by atoms with Gasteiger partial charge in [-0.2, -0.15) is 0 Å². The molecule has 0 unspecified atom stereocenters. The van der Waals surface area contributed by atoms with Crippen molar-refractivity contribution in [2.45, 2.75) is 76.3 Å². The van der Waals surface area contributed by atoms with E-state index in [9.17, 15) is 4.79 Å². The number of carbonyl (C=O) groups is 1. The van der Waals surface area contributed by atoms with Crippen molar-refractivity contribution in [1.29, 1.82) is 0 Å². The Morgan fingerprint density at radius 1 is 1.33 bits per heavy atom. The average Bonchev–Trinajstić information content (AvgIpc) is 3.55. The van der Waals surface area contributed by atoms with Gasteiger partial charge in [0.15, 0.2) is 0 Å². The molecule has 3 heterocycles. The zero-order valence-corrected chi connectivity index (χ0v) is 19.0. The molecule has 1 aliphatic carbocycles. The van der Waals surface area contributed by atoms with Crippen molar-refractivity contribution in [1.82, 2.24) is 10.2 Å². The van der Waals surface area contributed by atoms with Gasteiger partial charge in [0, 0.05) is 26.3 Å². The molecule has 0 aromatic rings. The Bertz CT molecular complexity index is 704. The molecule has 1 amide bonds. The van der Waals surface area contributed by atoms with Crippen LogP contribution >= 0.6 is 0 Å². The molecule has 3 aliphatic heterocycles. The largest absolute Gasteiger partial charge is 0.377 e. The van der Waals surface area contributed by atoms with Gasteiger partial charge in [0.1, 0.15) is 11.2 Å². The Balaban J connectivity index is 1.41. The van der Waals surface area contributed by atoms with Crippen molar-refractivity contribution < 1.29 is 19.0 Å². The molecule has 30 heavy (non-hydrogen) atoms. The van der Waals surface area contributed by atoms with Crippen molar-refractivity contribution in [3.05, 3.63) is 23.3 Å². The van der Waals surface area contributed by atoms with E-state index in [0.29, 0.717) is 6.54 Å². The van der Waals surface area contributed by atoms with Crippen molar-refractivity contribution in [3.63, 3.8) is 0 Å². The lowest BCUT2D eigenvalue weighted by Gasteiger charge is -2.40. The van der Waals surface area contributed by atoms with Crippen LogP contribution in [0, 0.1) is 5.92 Å². The van der Waals surface area contributed by atoms with E-state index >= 15 is 0 Å². The lowest BCUT2D eigenvalue weighted by molar-refractivity contribution is -0.116. The van der Waals surface area contributed by atoms with Crippen LogP contribution in [0.3, 0.4) is 0 Å². The molecule has 0 aromatic heterocycles. The number of hydrogen-bond donors (Lipinski definition) is 1. The number of amides is 1. The SMILES string of the molecule is CO[C@@H]1/C(=C\C(=O)NCCN2CCCC2)CC[C@]2(CO2)[C@H]1[C@@]1(C)O[C@@H]1CC=C(C)C. The lowest BCUT2D eigenvalue weighted by Crippen LogP contribution is -2.50. The van der Waals surface area contributed by atoms with Gasteiger partial charge < -0.3 is 24.4 Å². The van der Waals surface area contributed by atoms with Crippen molar-refractivity contribution in [2.75, 3.05) is 39.9 Å². The summed E-state index contributed by atoms with van der Waals surface area (Å²) < 4.78 is 18.2. The van der Waals surface area contributed by atoms with E-state index < -0.39 is 0 Å². The van der Waals surface area contributed by atoms with Gasteiger partial charge in [-0.15, -0.1) is 0 Å². The summed E-state index contributed by atoms with van der Waals surface area (Å²) in [5, 5.41) is 3.07. The molecular weight excluding hydrogens is 380 g/mol. The highest BCUT2D eigenvalue weighted by molar-refractivity contribution is 5.88. The van der Waals surface area contributed by atoms with E-state index in [1.807, 2.05) is 0 Å². The number of nitrogens with one attached hydrogen (secondary N) is 1. The van der Waals surface area contributed by atoms with Gasteiger partial charge in [0.05, 0.1) is 24.7 Å². The molecule has 4 aliphatic rings. The number of likely N-dealkylation sites (tertiary alicyclic amines) is 1. The van der Waals surface area contributed by atoms with Gasteiger partial charge in [0.25, 0.3) is 0 Å². The van der Waals surface area contributed by atoms with Crippen molar-refractivity contribution in [2.24, 2.45) is 5.92 Å². The van der Waals surface area contributed by atoms with Gasteiger partial charge in [-0.25, -0.2) is 0 Å². The summed E-state index contributed by atoms with van der Waals surface area (Å²) in [6, 6.07) is 0. The Morgan fingerprint density at radius 3 is 2.70 bits per heavy atom. The normalized spacial score (nSPS) is 39.3. The molecule has 1 spiro atoms. The third-order valence-electron chi connectivity index (χ3n) is 7.42. The van der Waals surface area contributed by atoms with Gasteiger partial charge in [0.2, 0.25) is 5.91 Å². The summed E-state index contributed by atoms with van der Waals surface area (Å²) in [7, 11) is 1.75. The Morgan fingerprint density at radius 2 is 2.07 bits per heavy atom. The molecule has 6 nitrogen and oxygen atoms in total. The molecule has 6 heteroatoms. The molecule has 4 rings (SSSR count). The summed E-state index contributed by atoms with van der Waals surface area (Å²) in [6.45, 7) is 11.1. The second kappa shape index (κ2) is 8.73. The smallest absolute Gasteiger partial charge is 0.244 e. The second-order valence-electron chi connectivity index (χ2n) is 9.85. The number of epoxide rings is 2. The van der Waals surface area contributed by atoms with Crippen LogP contribution in [0.15, 0.2) is 23.3 Å². The van der Waals surface area contributed by atoms with Gasteiger partial charge in [-0.05, 0) is 71.5 Å². The summed E-state index contributed by atoms with van der Waals surface area (Å²) in [4.78, 5) is 15.0. The first-order chi connectivity index (χ1) is 14.4. The summed E-state index contributed by atoms with van der Waals surface area (Å²) in [6.07, 6.45) is 9.28. The monoisotopic (exact) mass is 418 g/mol. The van der Waals surface area contributed by atoms with Crippen molar-refractivity contribution in [3.8, 4) is 0 Å². The number of hydrogen-bond acceptors (Lipinski definition) is 5. The number of allylic oxidation sites excluding steroid dienone is 1. The molecule has 3 saturated heterocycles. The Kier molecular flexibility index (Phi) is 6.40. The maximum Gasteiger partial charge on any atom is 0.244 e. The van der Waals surface area contributed by atoms with Crippen LogP contribution in [-0.2, 0) is 19.0 Å². The minimum absolute atomic E-state index is 0.0133. The first-order valence-corrected chi connectivity index (χ1v) is 11.6. The highest BCUT2D eigenvalue weighted by Gasteiger charge is 2.71. The zero-order chi connectivity index (χ0) is 21.4. The molecule has 0 radical (unpaired) electrons. The Labute approximate surface area is 181 Å². The second-order valence-corrected chi connectivity index (χ2v) is 9.85. The van der Waals surface area contributed by atoms with Crippen molar-refractivity contribution >= 4 is 5.91 Å². The fourth-order valence-corrected chi connectivity index (χ4v) is 5.56. The van der Waals surface area contributed by atoms with E-state index in [0.717, 1.165) is 51.1 Å². The first-order valence-electron chi connectivity index (χ1n) is 11.6. The predicted octanol–water partition coefficient (Wildman–Crippen LogP) is 2.83. The predicted molar refractivity (Wildman–Crippen MR) is 116 cm³/mol. The van der Waals surface area contributed by atoms with E-state index in [2.05, 4.69) is 37.1 Å². The Hall–Kier alpha value is -1.21. The molecular formula is C24H38N2O4. The average molecular weight is 419 g/mol. The van der Waals surface area contributed by atoms with Crippen LogP contribution in [-0.4, -0.2) is 74.1 Å². The van der Waals surface area contributed by atoms with E-state index in [1.54, 1.807) is 13.2 Å². The van der Waals surface area contributed by atoms with Crippen LogP contribution in [0.5, 0.6) is 0 Å². The van der Waals surface area contributed by atoms with Crippen LogP contribution < -0.4 is 5.32 Å². The number of ether oxygens (including phenoxy) is 3. The minimum Gasteiger partial charge on any atom is -0.377 e. The van der Waals surface area contributed by atoms with Crippen LogP contribution in [0.25, 0.3) is 0 Å². The van der Waals surface area contributed by atoms with Gasteiger partial charge >= 0.3 is 0 Å². The van der Waals surface area contributed by atoms with Gasteiger partial charge in [-0.3, -0.25) is 4.79 Å². The quantitative estimate of drug-likeness (QED) is 0.373. The highest BCUT2D eigenvalue weighted by Crippen LogP contribution is 2.60. The third-order valence-corrected chi connectivity index (χ3v) is 7.42. The zero-order valence-electron chi connectivity index (χ0n) is 19.0. The molecule has 1 N–H and O–H groups in total. The van der Waals surface area contributed by atoms with E-state index in [1.165, 1.54) is 18.4 Å². The summed E-state index contributed by atoms with van der Waals surface area (Å²) in [5.41, 5.74) is 1.96. The lowest BCUT2D eigenvalue weighted by atomic mass is 9.67. The van der Waals surface area contributed by atoms with E-state index in [4.69, 9.17) is 14.2 Å². The maximum atomic E-state index is 12.6. The fraction of sp³-hybridized carbons (Fsp3) is 0.792. The van der Waals surface area contributed by atoms with Crippen LogP contribution in [0.4, 0.5) is 0 Å². The molecule has 4 fully saturated rings. The topological polar surface area (TPSA) is 66.6 Å². The van der Waals surface area contributed by atoms with Crippen LogP contribution in [0.2, 0.25) is 0 Å². The highest BCUT2D eigenvalue weighted by atomic mass is 16.6. The summed E-state index contributed by atoms with van der Waals surface area (Å²) in [5.74, 6) is 0.101. The molecule has 0 bridgehead atoms. The first kappa shape index (κ1) is 22.0. The fourth-order valence-electron chi connectivity index (χ4n) is 5.56. The standard InChI is InChI=1S/C24H38N2O4/c1-17(2)7-8-19-23(3,30-19)22-21(28-4)18(9-10-24(22)16-29-24)15-20(27)25-11-14-26-12-5-6-13-26/h7,15,19,21-22H,5-6,8-14,16H2,1-4H3,(H,25,27)/b18-15-/t19-,21-,22-,23+,24+/m1/s1. The number of rotatable bonds is 8. The molecule has 0 aromatic carbocycles. The number of carbonyl (C=O) groups excluding carboxylic acids is 1. The summed E-state index contributed by atoms with van der Waals surface area (Å²) >= 11 is 0. The van der Waals surface area contributed by atoms with Gasteiger partial charge in [-0.1, -0.05) is 11.6 Å². The molecule has 168 valence electrons. The maximum absolute atomic E-state index is 12.6. The third kappa shape index (κ3) is 4.52.